The number of pyridine rings is 1. The molecule has 0 bridgehead atoms. The molecule has 8 nitrogen and oxygen atoms in total. The number of anilines is 1. The lowest BCUT2D eigenvalue weighted by molar-refractivity contribution is -0.119. The maximum absolute atomic E-state index is 13.4. The van der Waals surface area contributed by atoms with Crippen molar-refractivity contribution in [1.82, 2.24) is 25.1 Å². The average molecular weight is 471 g/mol. The summed E-state index contributed by atoms with van der Waals surface area (Å²) in [6.45, 7) is 3.96. The van der Waals surface area contributed by atoms with E-state index in [1.807, 2.05) is 56.3 Å². The molecule has 1 aromatic carbocycles. The monoisotopic (exact) mass is 470 g/mol. The van der Waals surface area contributed by atoms with Crippen molar-refractivity contribution in [2.75, 3.05) is 5.32 Å². The summed E-state index contributed by atoms with van der Waals surface area (Å²) < 4.78 is 1.66. The molecule has 0 radical (unpaired) electrons. The fourth-order valence-electron chi connectivity index (χ4n) is 5.11. The van der Waals surface area contributed by atoms with Crippen molar-refractivity contribution < 1.29 is 9.59 Å². The predicted octanol–water partition coefficient (Wildman–Crippen LogP) is 4.66. The van der Waals surface area contributed by atoms with Gasteiger partial charge in [0.2, 0.25) is 5.91 Å². The highest BCUT2D eigenvalue weighted by atomic mass is 16.2. The number of carbonyl (C=O) groups is 2. The first-order valence-electron chi connectivity index (χ1n) is 12.2. The van der Waals surface area contributed by atoms with E-state index in [2.05, 4.69) is 25.9 Å². The van der Waals surface area contributed by atoms with Crippen LogP contribution in [-0.4, -0.2) is 37.7 Å². The maximum atomic E-state index is 13.4. The highest BCUT2D eigenvalue weighted by Gasteiger charge is 2.32. The second-order valence-corrected chi connectivity index (χ2v) is 9.31. The van der Waals surface area contributed by atoms with Crippen LogP contribution in [0.2, 0.25) is 0 Å². The summed E-state index contributed by atoms with van der Waals surface area (Å²) in [7, 11) is 0. The summed E-state index contributed by atoms with van der Waals surface area (Å²) >= 11 is 0. The number of amides is 2. The molecule has 180 valence electrons. The third-order valence-electron chi connectivity index (χ3n) is 6.93. The van der Waals surface area contributed by atoms with Gasteiger partial charge in [0.05, 0.1) is 23.0 Å². The third kappa shape index (κ3) is 4.69. The summed E-state index contributed by atoms with van der Waals surface area (Å²) in [6, 6.07) is 12.7. The van der Waals surface area contributed by atoms with Gasteiger partial charge in [0, 0.05) is 23.1 Å². The minimum atomic E-state index is -0.612. The Kier molecular flexibility index (Phi) is 6.35. The standard InChI is InChI=1S/C27H30N6O2/c1-17-24(18(2)32-31-17)19-11-13-21(14-12-19)29-27(35)25(20-8-4-3-5-9-20)30-26(34)22-16-28-33-15-7-6-10-23(22)33/h6-7,10-16,20,25H,3-5,8-9H2,1-2H3,(H,29,35)(H,30,34)(H,31,32)/t25-/m0/s1. The molecule has 5 rings (SSSR count). The van der Waals surface area contributed by atoms with Crippen molar-refractivity contribution in [3.05, 3.63) is 71.8 Å². The van der Waals surface area contributed by atoms with E-state index in [4.69, 9.17) is 0 Å². The molecule has 8 heteroatoms. The smallest absolute Gasteiger partial charge is 0.255 e. The van der Waals surface area contributed by atoms with Gasteiger partial charge >= 0.3 is 0 Å². The number of rotatable bonds is 6. The van der Waals surface area contributed by atoms with Crippen LogP contribution in [0.4, 0.5) is 5.69 Å². The van der Waals surface area contributed by atoms with Crippen LogP contribution in [0, 0.1) is 19.8 Å². The average Bonchev–Trinajstić information content (AvgIpc) is 3.46. The summed E-state index contributed by atoms with van der Waals surface area (Å²) in [5.41, 5.74) is 5.94. The Morgan fingerprint density at radius 2 is 1.83 bits per heavy atom. The lowest BCUT2D eigenvalue weighted by atomic mass is 9.83. The first-order chi connectivity index (χ1) is 17.0. The molecular weight excluding hydrogens is 440 g/mol. The SMILES string of the molecule is Cc1n[nH]c(C)c1-c1ccc(NC(=O)[C@@H](NC(=O)c2cnn3ccccc23)C2CCCCC2)cc1. The highest BCUT2D eigenvalue weighted by molar-refractivity contribution is 6.04. The molecule has 1 fully saturated rings. The van der Waals surface area contributed by atoms with Crippen molar-refractivity contribution in [1.29, 1.82) is 0 Å². The summed E-state index contributed by atoms with van der Waals surface area (Å²) in [5.74, 6) is -0.367. The van der Waals surface area contributed by atoms with E-state index in [-0.39, 0.29) is 17.7 Å². The van der Waals surface area contributed by atoms with Crippen molar-refractivity contribution >= 4 is 23.0 Å². The van der Waals surface area contributed by atoms with E-state index >= 15 is 0 Å². The molecule has 1 atom stereocenters. The van der Waals surface area contributed by atoms with Crippen LogP contribution in [-0.2, 0) is 4.79 Å². The van der Waals surface area contributed by atoms with Crippen molar-refractivity contribution in [2.24, 2.45) is 5.92 Å². The molecule has 3 heterocycles. The Bertz CT molecular complexity index is 1330. The number of aryl methyl sites for hydroxylation is 2. The van der Waals surface area contributed by atoms with Crippen LogP contribution in [0.1, 0.15) is 53.8 Å². The van der Waals surface area contributed by atoms with E-state index in [9.17, 15) is 9.59 Å². The molecule has 0 saturated heterocycles. The van der Waals surface area contributed by atoms with Gasteiger partial charge in [0.25, 0.3) is 5.91 Å². The molecule has 35 heavy (non-hydrogen) atoms. The number of nitrogens with one attached hydrogen (secondary N) is 3. The first-order valence-corrected chi connectivity index (χ1v) is 12.2. The Morgan fingerprint density at radius 3 is 2.54 bits per heavy atom. The quantitative estimate of drug-likeness (QED) is 0.381. The number of H-pyrrole nitrogens is 1. The summed E-state index contributed by atoms with van der Waals surface area (Å²) in [5, 5.41) is 17.6. The Hall–Kier alpha value is -3.94. The Morgan fingerprint density at radius 1 is 1.06 bits per heavy atom. The van der Waals surface area contributed by atoms with E-state index in [1.54, 1.807) is 16.9 Å². The van der Waals surface area contributed by atoms with E-state index in [1.165, 1.54) is 6.42 Å². The van der Waals surface area contributed by atoms with Gasteiger partial charge in [0.1, 0.15) is 6.04 Å². The first kappa shape index (κ1) is 22.8. The van der Waals surface area contributed by atoms with Gasteiger partial charge in [-0.25, -0.2) is 4.52 Å². The zero-order chi connectivity index (χ0) is 24.4. The van der Waals surface area contributed by atoms with Gasteiger partial charge in [-0.2, -0.15) is 10.2 Å². The van der Waals surface area contributed by atoms with Crippen LogP contribution in [0.25, 0.3) is 16.6 Å². The molecule has 1 aliphatic carbocycles. The Labute approximate surface area is 204 Å². The zero-order valence-corrected chi connectivity index (χ0v) is 20.0. The molecule has 4 aromatic rings. The molecule has 0 unspecified atom stereocenters. The normalized spacial score (nSPS) is 15.1. The number of fused-ring (bicyclic) bond motifs is 1. The second kappa shape index (κ2) is 9.74. The third-order valence-corrected chi connectivity index (χ3v) is 6.93. The number of hydrogen-bond donors (Lipinski definition) is 3. The number of carbonyl (C=O) groups excluding carboxylic acids is 2. The van der Waals surface area contributed by atoms with Crippen LogP contribution >= 0.6 is 0 Å². The number of hydrogen-bond acceptors (Lipinski definition) is 4. The zero-order valence-electron chi connectivity index (χ0n) is 20.0. The van der Waals surface area contributed by atoms with Gasteiger partial charge in [0.15, 0.2) is 0 Å². The van der Waals surface area contributed by atoms with Crippen LogP contribution in [0.5, 0.6) is 0 Å². The Balaban J connectivity index is 1.35. The highest BCUT2D eigenvalue weighted by Crippen LogP contribution is 2.29. The lowest BCUT2D eigenvalue weighted by Gasteiger charge is -2.30. The predicted molar refractivity (Wildman–Crippen MR) is 135 cm³/mol. The van der Waals surface area contributed by atoms with Gasteiger partial charge in [-0.1, -0.05) is 37.5 Å². The second-order valence-electron chi connectivity index (χ2n) is 9.31. The molecule has 2 amide bonds. The van der Waals surface area contributed by atoms with Gasteiger partial charge in [-0.05, 0) is 62.4 Å². The molecule has 3 N–H and O–H groups in total. The minimum Gasteiger partial charge on any atom is -0.340 e. The number of aromatic nitrogens is 4. The molecular formula is C27H30N6O2. The van der Waals surface area contributed by atoms with Gasteiger partial charge < -0.3 is 10.6 Å². The lowest BCUT2D eigenvalue weighted by Crippen LogP contribution is -2.49. The summed E-state index contributed by atoms with van der Waals surface area (Å²) in [6.07, 6.45) is 8.50. The molecule has 1 aliphatic rings. The molecule has 0 spiro atoms. The van der Waals surface area contributed by atoms with Crippen molar-refractivity contribution in [2.45, 2.75) is 52.0 Å². The fraction of sp³-hybridized carbons (Fsp3) is 0.333. The van der Waals surface area contributed by atoms with Crippen LogP contribution < -0.4 is 10.6 Å². The molecule has 3 aromatic heterocycles. The van der Waals surface area contributed by atoms with Gasteiger partial charge in [-0.15, -0.1) is 0 Å². The number of nitrogens with zero attached hydrogens (tertiary/aromatic N) is 3. The van der Waals surface area contributed by atoms with E-state index in [0.29, 0.717) is 16.8 Å². The maximum Gasteiger partial charge on any atom is 0.255 e. The fourth-order valence-corrected chi connectivity index (χ4v) is 5.11. The molecule has 0 aliphatic heterocycles. The van der Waals surface area contributed by atoms with Gasteiger partial charge in [-0.3, -0.25) is 14.7 Å². The topological polar surface area (TPSA) is 104 Å². The molecule has 1 saturated carbocycles. The largest absolute Gasteiger partial charge is 0.340 e. The van der Waals surface area contributed by atoms with Crippen molar-refractivity contribution in [3.8, 4) is 11.1 Å². The van der Waals surface area contributed by atoms with Crippen LogP contribution in [0.15, 0.2) is 54.9 Å². The number of benzene rings is 1. The van der Waals surface area contributed by atoms with E-state index < -0.39 is 6.04 Å². The number of aromatic amines is 1. The van der Waals surface area contributed by atoms with E-state index in [0.717, 1.165) is 48.2 Å². The minimum absolute atomic E-state index is 0.102. The van der Waals surface area contributed by atoms with Crippen LogP contribution in [0.3, 0.4) is 0 Å². The summed E-state index contributed by atoms with van der Waals surface area (Å²) in [4.78, 5) is 26.7. The van der Waals surface area contributed by atoms with Crippen molar-refractivity contribution in [3.63, 3.8) is 0 Å².